The first-order chi connectivity index (χ1) is 12.2. The van der Waals surface area contributed by atoms with Gasteiger partial charge in [-0.15, -0.1) is 0 Å². The number of amides is 1. The number of ether oxygens (including phenoxy) is 1. The third-order valence-electron chi connectivity index (χ3n) is 3.87. The molecular formula is C20H18ClNO3. The fraction of sp³-hybridized carbons (Fsp3) is 0.150. The lowest BCUT2D eigenvalue weighted by Crippen LogP contribution is -2.26. The lowest BCUT2D eigenvalue weighted by Gasteiger charge is -2.10. The van der Waals surface area contributed by atoms with E-state index in [0.717, 1.165) is 23.3 Å². The second kappa shape index (κ2) is 7.90. The molecule has 1 heterocycles. The van der Waals surface area contributed by atoms with Crippen LogP contribution in [0, 0.1) is 0 Å². The first kappa shape index (κ1) is 17.1. The number of hydrogen-bond donors (Lipinski definition) is 1. The molecule has 0 aliphatic rings. The SMILES string of the molecule is COc1ccc(Cl)cc1C(=O)NCCc1ccc(-c2ccco2)cc1. The van der Waals surface area contributed by atoms with Crippen LogP contribution in [-0.2, 0) is 6.42 Å². The van der Waals surface area contributed by atoms with Crippen molar-refractivity contribution >= 4 is 17.5 Å². The van der Waals surface area contributed by atoms with E-state index in [4.69, 9.17) is 20.8 Å². The van der Waals surface area contributed by atoms with Crippen LogP contribution in [0.2, 0.25) is 5.02 Å². The smallest absolute Gasteiger partial charge is 0.255 e. The number of nitrogens with one attached hydrogen (secondary N) is 1. The van der Waals surface area contributed by atoms with E-state index in [1.165, 1.54) is 7.11 Å². The molecule has 3 rings (SSSR count). The molecule has 0 aliphatic carbocycles. The molecule has 0 saturated carbocycles. The molecule has 0 radical (unpaired) electrons. The van der Waals surface area contributed by atoms with Crippen molar-refractivity contribution in [2.45, 2.75) is 6.42 Å². The Morgan fingerprint density at radius 1 is 1.16 bits per heavy atom. The summed E-state index contributed by atoms with van der Waals surface area (Å²) in [6.07, 6.45) is 2.38. The highest BCUT2D eigenvalue weighted by molar-refractivity contribution is 6.31. The molecule has 2 aromatic carbocycles. The topological polar surface area (TPSA) is 51.5 Å². The van der Waals surface area contributed by atoms with Crippen LogP contribution in [0.3, 0.4) is 0 Å². The maximum Gasteiger partial charge on any atom is 0.255 e. The van der Waals surface area contributed by atoms with Crippen molar-refractivity contribution in [3.8, 4) is 17.1 Å². The minimum atomic E-state index is -0.202. The second-order valence-electron chi connectivity index (χ2n) is 5.52. The summed E-state index contributed by atoms with van der Waals surface area (Å²) in [5.41, 5.74) is 2.60. The summed E-state index contributed by atoms with van der Waals surface area (Å²) in [5, 5.41) is 3.39. The van der Waals surface area contributed by atoms with Gasteiger partial charge in [0.15, 0.2) is 0 Å². The Balaban J connectivity index is 1.58. The summed E-state index contributed by atoms with van der Waals surface area (Å²) in [7, 11) is 1.53. The van der Waals surface area contributed by atoms with Gasteiger partial charge in [0, 0.05) is 17.1 Å². The number of halogens is 1. The highest BCUT2D eigenvalue weighted by Crippen LogP contribution is 2.23. The molecule has 0 bridgehead atoms. The first-order valence-electron chi connectivity index (χ1n) is 7.92. The Kier molecular flexibility index (Phi) is 5.41. The van der Waals surface area contributed by atoms with E-state index in [-0.39, 0.29) is 5.91 Å². The highest BCUT2D eigenvalue weighted by Gasteiger charge is 2.12. The van der Waals surface area contributed by atoms with Gasteiger partial charge in [0.25, 0.3) is 5.91 Å². The van der Waals surface area contributed by atoms with Gasteiger partial charge in [0.05, 0.1) is 18.9 Å². The normalized spacial score (nSPS) is 10.5. The van der Waals surface area contributed by atoms with Crippen molar-refractivity contribution in [1.82, 2.24) is 5.32 Å². The van der Waals surface area contributed by atoms with E-state index in [1.807, 2.05) is 36.4 Å². The largest absolute Gasteiger partial charge is 0.496 e. The van der Waals surface area contributed by atoms with Crippen molar-refractivity contribution in [3.05, 3.63) is 77.0 Å². The second-order valence-corrected chi connectivity index (χ2v) is 5.96. The third-order valence-corrected chi connectivity index (χ3v) is 4.10. The molecule has 0 fully saturated rings. The van der Waals surface area contributed by atoms with E-state index >= 15 is 0 Å². The summed E-state index contributed by atoms with van der Waals surface area (Å²) in [6.45, 7) is 0.522. The summed E-state index contributed by atoms with van der Waals surface area (Å²) in [6, 6.07) is 16.9. The molecule has 1 aromatic heterocycles. The van der Waals surface area contributed by atoms with Gasteiger partial charge in [-0.3, -0.25) is 4.79 Å². The van der Waals surface area contributed by atoms with Crippen LogP contribution in [0.15, 0.2) is 65.3 Å². The Morgan fingerprint density at radius 2 is 1.96 bits per heavy atom. The Labute approximate surface area is 151 Å². The van der Waals surface area contributed by atoms with Crippen LogP contribution < -0.4 is 10.1 Å². The minimum absolute atomic E-state index is 0.202. The number of methoxy groups -OCH3 is 1. The molecule has 0 spiro atoms. The molecule has 1 N–H and O–H groups in total. The zero-order valence-corrected chi connectivity index (χ0v) is 14.5. The molecule has 128 valence electrons. The van der Waals surface area contributed by atoms with Gasteiger partial charge in [0.2, 0.25) is 0 Å². The van der Waals surface area contributed by atoms with E-state index in [9.17, 15) is 4.79 Å². The monoisotopic (exact) mass is 355 g/mol. The molecule has 25 heavy (non-hydrogen) atoms. The van der Waals surface area contributed by atoms with Crippen LogP contribution >= 0.6 is 11.6 Å². The van der Waals surface area contributed by atoms with Gasteiger partial charge in [-0.25, -0.2) is 0 Å². The quantitative estimate of drug-likeness (QED) is 0.704. The average Bonchev–Trinajstić information content (AvgIpc) is 3.17. The fourth-order valence-electron chi connectivity index (χ4n) is 2.55. The molecule has 0 atom stereocenters. The zero-order chi connectivity index (χ0) is 17.6. The zero-order valence-electron chi connectivity index (χ0n) is 13.8. The molecular weight excluding hydrogens is 338 g/mol. The van der Waals surface area contributed by atoms with E-state index in [2.05, 4.69) is 5.32 Å². The van der Waals surface area contributed by atoms with Crippen molar-refractivity contribution in [3.63, 3.8) is 0 Å². The summed E-state index contributed by atoms with van der Waals surface area (Å²) in [4.78, 5) is 12.3. The third kappa shape index (κ3) is 4.22. The van der Waals surface area contributed by atoms with Crippen LogP contribution in [0.25, 0.3) is 11.3 Å². The minimum Gasteiger partial charge on any atom is -0.496 e. The van der Waals surface area contributed by atoms with E-state index < -0.39 is 0 Å². The Hall–Kier alpha value is -2.72. The number of carbonyl (C=O) groups is 1. The van der Waals surface area contributed by atoms with Crippen molar-refractivity contribution in [2.24, 2.45) is 0 Å². The standard InChI is InChI=1S/C20H18ClNO3/c1-24-19-9-8-16(21)13-17(19)20(23)22-11-10-14-4-6-15(7-5-14)18-3-2-12-25-18/h2-9,12-13H,10-11H2,1H3,(H,22,23). The molecule has 1 amide bonds. The maximum atomic E-state index is 12.3. The molecule has 0 unspecified atom stereocenters. The van der Waals surface area contributed by atoms with Gasteiger partial charge in [-0.05, 0) is 42.3 Å². The summed E-state index contributed by atoms with van der Waals surface area (Å²) < 4.78 is 10.6. The maximum absolute atomic E-state index is 12.3. The molecule has 3 aromatic rings. The van der Waals surface area contributed by atoms with E-state index in [1.54, 1.807) is 24.5 Å². The van der Waals surface area contributed by atoms with Crippen LogP contribution in [0.1, 0.15) is 15.9 Å². The van der Waals surface area contributed by atoms with Gasteiger partial charge >= 0.3 is 0 Å². The Bertz CT molecular complexity index is 842. The van der Waals surface area contributed by atoms with Gasteiger partial charge < -0.3 is 14.5 Å². The van der Waals surface area contributed by atoms with Crippen LogP contribution in [0.4, 0.5) is 0 Å². The van der Waals surface area contributed by atoms with Gasteiger partial charge in [-0.1, -0.05) is 35.9 Å². The van der Waals surface area contributed by atoms with Crippen molar-refractivity contribution in [1.29, 1.82) is 0 Å². The molecule has 0 aliphatic heterocycles. The fourth-order valence-corrected chi connectivity index (χ4v) is 2.72. The predicted molar refractivity (Wildman–Crippen MR) is 98.2 cm³/mol. The lowest BCUT2D eigenvalue weighted by atomic mass is 10.1. The number of hydrogen-bond acceptors (Lipinski definition) is 3. The van der Waals surface area contributed by atoms with Crippen molar-refractivity contribution < 1.29 is 13.9 Å². The van der Waals surface area contributed by atoms with Crippen LogP contribution in [0.5, 0.6) is 5.75 Å². The number of furan rings is 1. The van der Waals surface area contributed by atoms with Gasteiger partial charge in [-0.2, -0.15) is 0 Å². The molecule has 5 heteroatoms. The molecule has 0 saturated heterocycles. The van der Waals surface area contributed by atoms with Crippen LogP contribution in [-0.4, -0.2) is 19.6 Å². The number of benzene rings is 2. The first-order valence-corrected chi connectivity index (χ1v) is 8.30. The average molecular weight is 356 g/mol. The number of carbonyl (C=O) groups excluding carboxylic acids is 1. The van der Waals surface area contributed by atoms with Gasteiger partial charge in [0.1, 0.15) is 11.5 Å². The number of rotatable bonds is 6. The van der Waals surface area contributed by atoms with Crippen molar-refractivity contribution in [2.75, 3.05) is 13.7 Å². The molecule has 4 nitrogen and oxygen atoms in total. The summed E-state index contributed by atoms with van der Waals surface area (Å²) in [5.74, 6) is 1.14. The lowest BCUT2D eigenvalue weighted by molar-refractivity contribution is 0.0951. The highest BCUT2D eigenvalue weighted by atomic mass is 35.5. The van der Waals surface area contributed by atoms with E-state index in [0.29, 0.717) is 22.9 Å². The Morgan fingerprint density at radius 3 is 2.64 bits per heavy atom. The predicted octanol–water partition coefficient (Wildman–Crippen LogP) is 4.58. The summed E-state index contributed by atoms with van der Waals surface area (Å²) >= 11 is 5.96.